The number of aryl methyl sites for hydroxylation is 1. The van der Waals surface area contributed by atoms with Crippen molar-refractivity contribution in [1.29, 1.82) is 0 Å². The van der Waals surface area contributed by atoms with Crippen molar-refractivity contribution < 1.29 is 8.98 Å². The van der Waals surface area contributed by atoms with Gasteiger partial charge in [0.1, 0.15) is 18.2 Å². The van der Waals surface area contributed by atoms with Gasteiger partial charge in [0.15, 0.2) is 6.20 Å². The summed E-state index contributed by atoms with van der Waals surface area (Å²) in [5, 5.41) is 2.40. The second kappa shape index (κ2) is 5.79. The molecule has 0 aliphatic carbocycles. The van der Waals surface area contributed by atoms with Gasteiger partial charge in [0, 0.05) is 22.9 Å². The minimum Gasteiger partial charge on any atom is -0.455 e. The van der Waals surface area contributed by atoms with Crippen LogP contribution in [0.5, 0.6) is 0 Å². The first-order valence-corrected chi connectivity index (χ1v) is 8.53. The fraction of sp³-hybridized carbons (Fsp3) is 0.227. The maximum Gasteiger partial charge on any atom is 0.216 e. The van der Waals surface area contributed by atoms with Gasteiger partial charge in [-0.3, -0.25) is 0 Å². The molecule has 0 radical (unpaired) electrons. The highest BCUT2D eigenvalue weighted by molar-refractivity contribution is 6.09. The van der Waals surface area contributed by atoms with Crippen molar-refractivity contribution in [3.8, 4) is 11.3 Å². The molecule has 0 spiro atoms. The zero-order chi connectivity index (χ0) is 16.7. The first-order valence-electron chi connectivity index (χ1n) is 8.53. The summed E-state index contributed by atoms with van der Waals surface area (Å²) in [6.07, 6.45) is 3.10. The molecule has 24 heavy (non-hydrogen) atoms. The smallest absolute Gasteiger partial charge is 0.216 e. The van der Waals surface area contributed by atoms with Gasteiger partial charge in [0.2, 0.25) is 5.69 Å². The van der Waals surface area contributed by atoms with Crippen LogP contribution in [0.1, 0.15) is 19.4 Å². The number of hydrogen-bond donors (Lipinski definition) is 0. The molecule has 0 atom stereocenters. The Morgan fingerprint density at radius 2 is 1.62 bits per heavy atom. The molecule has 2 aromatic heterocycles. The molecule has 0 fully saturated rings. The second-order valence-electron chi connectivity index (χ2n) is 6.87. The van der Waals surface area contributed by atoms with E-state index in [1.54, 1.807) is 0 Å². The summed E-state index contributed by atoms with van der Waals surface area (Å²) in [6, 6.07) is 19.2. The largest absolute Gasteiger partial charge is 0.455 e. The Kier molecular flexibility index (Phi) is 3.61. The van der Waals surface area contributed by atoms with E-state index in [2.05, 4.69) is 80.2 Å². The van der Waals surface area contributed by atoms with Gasteiger partial charge in [-0.05, 0) is 30.0 Å². The van der Waals surface area contributed by atoms with E-state index in [0.29, 0.717) is 5.92 Å². The molecule has 0 saturated heterocycles. The van der Waals surface area contributed by atoms with E-state index >= 15 is 0 Å². The van der Waals surface area contributed by atoms with Crippen LogP contribution in [0.15, 0.2) is 65.2 Å². The third-order valence-electron chi connectivity index (χ3n) is 4.56. The van der Waals surface area contributed by atoms with E-state index in [0.717, 1.165) is 28.8 Å². The van der Waals surface area contributed by atoms with Gasteiger partial charge in [-0.2, -0.15) is 0 Å². The van der Waals surface area contributed by atoms with Gasteiger partial charge in [-0.25, -0.2) is 4.57 Å². The van der Waals surface area contributed by atoms with Crippen LogP contribution < -0.4 is 4.57 Å². The van der Waals surface area contributed by atoms with Gasteiger partial charge < -0.3 is 4.42 Å². The lowest BCUT2D eigenvalue weighted by Gasteiger charge is -2.04. The van der Waals surface area contributed by atoms with Gasteiger partial charge in [-0.15, -0.1) is 0 Å². The molecule has 0 amide bonds. The number of furan rings is 1. The van der Waals surface area contributed by atoms with Gasteiger partial charge >= 0.3 is 0 Å². The monoisotopic (exact) mass is 316 g/mol. The van der Waals surface area contributed by atoms with E-state index in [9.17, 15) is 0 Å². The predicted molar refractivity (Wildman–Crippen MR) is 98.9 cm³/mol. The molecule has 0 N–H and O–H groups in total. The Hall–Kier alpha value is -2.61. The Labute approximate surface area is 142 Å². The maximum atomic E-state index is 6.41. The van der Waals surface area contributed by atoms with Crippen molar-refractivity contribution >= 4 is 21.9 Å². The number of rotatable bonds is 3. The number of aromatic nitrogens is 1. The molecule has 2 aromatic carbocycles. The average Bonchev–Trinajstić information content (AvgIpc) is 2.95. The number of para-hydroxylation sites is 2. The lowest BCUT2D eigenvalue weighted by atomic mass is 10.00. The molecule has 2 heterocycles. The molecule has 0 aliphatic rings. The Morgan fingerprint density at radius 3 is 2.38 bits per heavy atom. The van der Waals surface area contributed by atoms with Crippen LogP contribution >= 0.6 is 0 Å². The first-order chi connectivity index (χ1) is 11.6. The van der Waals surface area contributed by atoms with Crippen LogP contribution in [-0.2, 0) is 13.5 Å². The van der Waals surface area contributed by atoms with Crippen molar-refractivity contribution in [2.24, 2.45) is 13.0 Å². The standard InChI is InChI=1S/C22H22NO/c1-15(2)14-16-8-6-9-17-18-10-7-11-19(22(18)24-21(16)17)20-12-4-5-13-23(20)3/h4-13,15H,14H2,1-3H3/q+1. The molecule has 2 nitrogen and oxygen atoms in total. The fourth-order valence-corrected chi connectivity index (χ4v) is 3.48. The number of benzene rings is 2. The number of pyridine rings is 1. The topological polar surface area (TPSA) is 17.0 Å². The van der Waals surface area contributed by atoms with Gasteiger partial charge in [-0.1, -0.05) is 44.2 Å². The van der Waals surface area contributed by atoms with Crippen LogP contribution in [0.2, 0.25) is 0 Å². The van der Waals surface area contributed by atoms with Crippen LogP contribution in [0, 0.1) is 5.92 Å². The zero-order valence-corrected chi connectivity index (χ0v) is 14.4. The summed E-state index contributed by atoms with van der Waals surface area (Å²) < 4.78 is 8.55. The molecule has 0 unspecified atom stereocenters. The third-order valence-corrected chi connectivity index (χ3v) is 4.56. The summed E-state index contributed by atoms with van der Waals surface area (Å²) in [5.74, 6) is 0.607. The van der Waals surface area contributed by atoms with E-state index in [-0.39, 0.29) is 0 Å². The molecule has 2 heteroatoms. The van der Waals surface area contributed by atoms with Crippen LogP contribution in [0.4, 0.5) is 0 Å². The molecule has 4 rings (SSSR count). The van der Waals surface area contributed by atoms with Gasteiger partial charge in [0.05, 0.1) is 5.56 Å². The molecule has 120 valence electrons. The fourth-order valence-electron chi connectivity index (χ4n) is 3.48. The van der Waals surface area contributed by atoms with Crippen LogP contribution in [0.3, 0.4) is 0 Å². The Balaban J connectivity index is 2.03. The summed E-state index contributed by atoms with van der Waals surface area (Å²) in [4.78, 5) is 0. The number of hydrogen-bond acceptors (Lipinski definition) is 1. The summed E-state index contributed by atoms with van der Waals surface area (Å²) >= 11 is 0. The Bertz CT molecular complexity index is 1030. The minimum atomic E-state index is 0.607. The highest BCUT2D eigenvalue weighted by atomic mass is 16.3. The van der Waals surface area contributed by atoms with Crippen molar-refractivity contribution in [2.45, 2.75) is 20.3 Å². The predicted octanol–water partition coefficient (Wildman–Crippen LogP) is 5.28. The van der Waals surface area contributed by atoms with Crippen LogP contribution in [-0.4, -0.2) is 0 Å². The quantitative estimate of drug-likeness (QED) is 0.470. The molecule has 0 saturated carbocycles. The Morgan fingerprint density at radius 1 is 0.875 bits per heavy atom. The zero-order valence-electron chi connectivity index (χ0n) is 14.4. The minimum absolute atomic E-state index is 0.607. The van der Waals surface area contributed by atoms with E-state index in [4.69, 9.17) is 4.42 Å². The summed E-state index contributed by atoms with van der Waals surface area (Å²) in [5.41, 5.74) is 5.61. The second-order valence-corrected chi connectivity index (χ2v) is 6.87. The van der Waals surface area contributed by atoms with Crippen molar-refractivity contribution in [3.63, 3.8) is 0 Å². The third kappa shape index (κ3) is 2.39. The summed E-state index contributed by atoms with van der Waals surface area (Å²) in [6.45, 7) is 4.49. The molecular weight excluding hydrogens is 294 g/mol. The lowest BCUT2D eigenvalue weighted by Crippen LogP contribution is -2.29. The highest BCUT2D eigenvalue weighted by Crippen LogP contribution is 2.36. The maximum absolute atomic E-state index is 6.41. The normalized spacial score (nSPS) is 11.7. The molecule has 0 bridgehead atoms. The van der Waals surface area contributed by atoms with Crippen LogP contribution in [0.25, 0.3) is 33.2 Å². The molecule has 0 aliphatic heterocycles. The highest BCUT2D eigenvalue weighted by Gasteiger charge is 2.18. The van der Waals surface area contributed by atoms with E-state index in [1.165, 1.54) is 16.3 Å². The number of nitrogens with zero attached hydrogens (tertiary/aromatic N) is 1. The first kappa shape index (κ1) is 14.9. The SMILES string of the molecule is CC(C)Cc1cccc2c1oc1c(-c3cccc[n+]3C)cccc12. The van der Waals surface area contributed by atoms with E-state index < -0.39 is 0 Å². The van der Waals surface area contributed by atoms with Gasteiger partial charge in [0.25, 0.3) is 0 Å². The van der Waals surface area contributed by atoms with Crippen molar-refractivity contribution in [1.82, 2.24) is 0 Å². The molecular formula is C22H22NO+. The number of fused-ring (bicyclic) bond motifs is 3. The van der Waals surface area contributed by atoms with Crippen molar-refractivity contribution in [3.05, 3.63) is 66.4 Å². The van der Waals surface area contributed by atoms with Crippen molar-refractivity contribution in [2.75, 3.05) is 0 Å². The van der Waals surface area contributed by atoms with E-state index in [1.807, 2.05) is 6.07 Å². The summed E-state index contributed by atoms with van der Waals surface area (Å²) in [7, 11) is 2.07. The lowest BCUT2D eigenvalue weighted by molar-refractivity contribution is -0.660. The molecule has 4 aromatic rings. The average molecular weight is 316 g/mol.